The zero-order valence-corrected chi connectivity index (χ0v) is 6.31. The van der Waals surface area contributed by atoms with Crippen LogP contribution in [0.25, 0.3) is 0 Å². The first-order valence-corrected chi connectivity index (χ1v) is 3.40. The fourth-order valence-corrected chi connectivity index (χ4v) is 1.08. The van der Waals surface area contributed by atoms with Crippen molar-refractivity contribution in [2.24, 2.45) is 0 Å². The van der Waals surface area contributed by atoms with Crippen molar-refractivity contribution in [3.63, 3.8) is 0 Å². The highest BCUT2D eigenvalue weighted by atomic mass is 16.5. The highest BCUT2D eigenvalue weighted by molar-refractivity contribution is 5.35. The van der Waals surface area contributed by atoms with Gasteiger partial charge in [-0.15, -0.1) is 0 Å². The fraction of sp³-hybridized carbons (Fsp3) is 0.333. The van der Waals surface area contributed by atoms with Crippen LogP contribution in [0.2, 0.25) is 0 Å². The molecule has 0 saturated heterocycles. The van der Waals surface area contributed by atoms with Crippen LogP contribution in [0.15, 0.2) is 36.1 Å². The van der Waals surface area contributed by atoms with Gasteiger partial charge in [0.25, 0.3) is 0 Å². The predicted molar refractivity (Wildman–Crippen MR) is 42.6 cm³/mol. The Balaban J connectivity index is 2.88. The second-order valence-corrected chi connectivity index (χ2v) is 2.43. The Morgan fingerprint density at radius 2 is 2.40 bits per heavy atom. The van der Waals surface area contributed by atoms with Gasteiger partial charge in [0.1, 0.15) is 5.76 Å². The highest BCUT2D eigenvalue weighted by Crippen LogP contribution is 2.24. The Hall–Kier alpha value is -0.980. The Bertz CT molecular complexity index is 199. The lowest BCUT2D eigenvalue weighted by atomic mass is 10.1. The maximum absolute atomic E-state index is 5.28. The zero-order valence-electron chi connectivity index (χ0n) is 6.31. The largest absolute Gasteiger partial charge is 0.493 e. The fourth-order valence-electron chi connectivity index (χ4n) is 1.08. The summed E-state index contributed by atoms with van der Waals surface area (Å²) in [5, 5.41) is 0. The lowest BCUT2D eigenvalue weighted by Gasteiger charge is -1.98. The van der Waals surface area contributed by atoms with Gasteiger partial charge in [0.2, 0.25) is 0 Å². The lowest BCUT2D eigenvalue weighted by Crippen LogP contribution is -1.81. The summed E-state index contributed by atoms with van der Waals surface area (Å²) in [6.45, 7) is 10.3. The molecule has 0 unspecified atom stereocenters. The molecule has 0 bridgehead atoms. The quantitative estimate of drug-likeness (QED) is 0.566. The van der Waals surface area contributed by atoms with Crippen molar-refractivity contribution in [1.82, 2.24) is 0 Å². The van der Waals surface area contributed by atoms with Crippen molar-refractivity contribution in [2.45, 2.75) is 13.3 Å². The van der Waals surface area contributed by atoms with Crippen LogP contribution < -0.4 is 0 Å². The van der Waals surface area contributed by atoms with E-state index >= 15 is 0 Å². The third-order valence-corrected chi connectivity index (χ3v) is 1.61. The molecule has 0 aromatic rings. The number of allylic oxidation sites excluding steroid dienone is 2. The van der Waals surface area contributed by atoms with Crippen molar-refractivity contribution >= 4 is 0 Å². The second-order valence-electron chi connectivity index (χ2n) is 2.43. The average molecular weight is 136 g/mol. The molecule has 0 aliphatic carbocycles. The molecule has 0 fully saturated rings. The maximum Gasteiger partial charge on any atom is 0.122 e. The average Bonchev–Trinajstić information content (AvgIpc) is 2.33. The third kappa shape index (κ3) is 1.13. The minimum Gasteiger partial charge on any atom is -0.493 e. The Labute approximate surface area is 61.7 Å². The molecule has 10 heavy (non-hydrogen) atoms. The molecule has 0 N–H and O–H groups in total. The molecule has 0 aromatic heterocycles. The molecular formula is C9H12O. The first-order valence-electron chi connectivity index (χ1n) is 3.40. The van der Waals surface area contributed by atoms with Gasteiger partial charge in [-0.1, -0.05) is 18.7 Å². The molecule has 1 aliphatic heterocycles. The van der Waals surface area contributed by atoms with E-state index in [2.05, 4.69) is 13.2 Å². The highest BCUT2D eigenvalue weighted by Gasteiger charge is 2.12. The summed E-state index contributed by atoms with van der Waals surface area (Å²) in [7, 11) is 0. The van der Waals surface area contributed by atoms with Crippen LogP contribution in [0.3, 0.4) is 0 Å². The zero-order chi connectivity index (χ0) is 7.56. The van der Waals surface area contributed by atoms with Gasteiger partial charge in [-0.25, -0.2) is 0 Å². The summed E-state index contributed by atoms with van der Waals surface area (Å²) in [5.41, 5.74) is 2.31. The normalized spacial score (nSPS) is 16.9. The van der Waals surface area contributed by atoms with Gasteiger partial charge < -0.3 is 4.74 Å². The van der Waals surface area contributed by atoms with Gasteiger partial charge in [-0.2, -0.15) is 0 Å². The molecule has 0 spiro atoms. The molecule has 54 valence electrons. The van der Waals surface area contributed by atoms with Gasteiger partial charge in [0.05, 0.1) is 6.61 Å². The summed E-state index contributed by atoms with van der Waals surface area (Å²) in [6, 6.07) is 0. The van der Waals surface area contributed by atoms with E-state index in [9.17, 15) is 0 Å². The molecule has 1 heteroatoms. The smallest absolute Gasteiger partial charge is 0.122 e. The molecule has 0 radical (unpaired) electrons. The van der Waals surface area contributed by atoms with Crippen molar-refractivity contribution in [2.75, 3.05) is 6.61 Å². The molecule has 0 aromatic carbocycles. The van der Waals surface area contributed by atoms with E-state index in [1.54, 1.807) is 6.08 Å². The number of rotatable bonds is 2. The van der Waals surface area contributed by atoms with Crippen LogP contribution in [0.5, 0.6) is 0 Å². The van der Waals surface area contributed by atoms with E-state index in [-0.39, 0.29) is 0 Å². The monoisotopic (exact) mass is 136 g/mol. The van der Waals surface area contributed by atoms with Crippen LogP contribution in [0.1, 0.15) is 13.3 Å². The molecule has 0 saturated carbocycles. The Morgan fingerprint density at radius 3 is 2.80 bits per heavy atom. The SMILES string of the molecule is C=CC1=C(C(=C)C)CCO1. The second kappa shape index (κ2) is 2.74. The molecule has 0 amide bonds. The van der Waals surface area contributed by atoms with Crippen LogP contribution in [-0.4, -0.2) is 6.61 Å². The first kappa shape index (κ1) is 7.13. The van der Waals surface area contributed by atoms with E-state index in [4.69, 9.17) is 4.74 Å². The van der Waals surface area contributed by atoms with Crippen LogP contribution >= 0.6 is 0 Å². The minimum absolute atomic E-state index is 0.781. The summed E-state index contributed by atoms with van der Waals surface area (Å²) in [5.74, 6) is 0.910. The van der Waals surface area contributed by atoms with E-state index in [1.165, 1.54) is 5.57 Å². The van der Waals surface area contributed by atoms with Crippen LogP contribution in [-0.2, 0) is 4.74 Å². The lowest BCUT2D eigenvalue weighted by molar-refractivity contribution is 0.257. The maximum atomic E-state index is 5.28. The molecule has 1 rings (SSSR count). The molecule has 1 nitrogen and oxygen atoms in total. The molecule has 1 aliphatic rings. The summed E-state index contributed by atoms with van der Waals surface area (Å²) in [4.78, 5) is 0. The van der Waals surface area contributed by atoms with Crippen LogP contribution in [0.4, 0.5) is 0 Å². The predicted octanol–water partition coefficient (Wildman–Crippen LogP) is 2.42. The summed E-state index contributed by atoms with van der Waals surface area (Å²) in [6.07, 6.45) is 2.73. The topological polar surface area (TPSA) is 9.23 Å². The van der Waals surface area contributed by atoms with Crippen LogP contribution in [0, 0.1) is 0 Å². The molecular weight excluding hydrogens is 124 g/mol. The Kier molecular flexibility index (Phi) is 1.95. The third-order valence-electron chi connectivity index (χ3n) is 1.61. The van der Waals surface area contributed by atoms with Gasteiger partial charge >= 0.3 is 0 Å². The summed E-state index contributed by atoms with van der Waals surface area (Å²) < 4.78 is 5.28. The van der Waals surface area contributed by atoms with Gasteiger partial charge in [-0.05, 0) is 18.6 Å². The van der Waals surface area contributed by atoms with Crippen molar-refractivity contribution in [3.8, 4) is 0 Å². The first-order chi connectivity index (χ1) is 4.75. The summed E-state index contributed by atoms with van der Waals surface area (Å²) >= 11 is 0. The van der Waals surface area contributed by atoms with Crippen molar-refractivity contribution in [3.05, 3.63) is 36.1 Å². The van der Waals surface area contributed by atoms with Gasteiger partial charge in [-0.3, -0.25) is 0 Å². The van der Waals surface area contributed by atoms with Gasteiger partial charge in [0, 0.05) is 6.42 Å². The van der Waals surface area contributed by atoms with Gasteiger partial charge in [0.15, 0.2) is 0 Å². The number of hydrogen-bond donors (Lipinski definition) is 0. The number of hydrogen-bond acceptors (Lipinski definition) is 1. The van der Waals surface area contributed by atoms with Crippen molar-refractivity contribution in [1.29, 1.82) is 0 Å². The minimum atomic E-state index is 0.781. The Morgan fingerprint density at radius 1 is 1.70 bits per heavy atom. The van der Waals surface area contributed by atoms with E-state index in [0.717, 1.165) is 24.4 Å². The standard InChI is InChI=1S/C9H12O/c1-4-9-8(7(2)3)5-6-10-9/h4H,1-2,5-6H2,3H3. The molecule has 1 heterocycles. The van der Waals surface area contributed by atoms with E-state index in [0.29, 0.717) is 0 Å². The van der Waals surface area contributed by atoms with E-state index < -0.39 is 0 Å². The molecule has 0 atom stereocenters. The van der Waals surface area contributed by atoms with Crippen molar-refractivity contribution < 1.29 is 4.74 Å². The number of ether oxygens (including phenoxy) is 1. The van der Waals surface area contributed by atoms with E-state index in [1.807, 2.05) is 6.92 Å².